The Kier molecular flexibility index (Phi) is 3.46. The van der Waals surface area contributed by atoms with Crippen LogP contribution in [0.2, 0.25) is 0 Å². The number of piperazine rings is 1. The summed E-state index contributed by atoms with van der Waals surface area (Å²) < 4.78 is 132. The molecule has 1 aromatic heterocycles. The Bertz CT molecular complexity index is 1540. The minimum Gasteiger partial charge on any atom is -0.469 e. The maximum absolute atomic E-state index is 13.8. The average molecular weight is 483 g/mol. The van der Waals surface area contributed by atoms with E-state index in [1.807, 2.05) is 6.07 Å². The first-order valence-electron chi connectivity index (χ1n) is 17.9. The van der Waals surface area contributed by atoms with Crippen molar-refractivity contribution in [3.05, 3.63) is 22.4 Å². The van der Waals surface area contributed by atoms with Crippen molar-refractivity contribution in [1.82, 2.24) is 9.88 Å². The lowest BCUT2D eigenvalue weighted by Crippen LogP contribution is -2.57. The van der Waals surface area contributed by atoms with E-state index < -0.39 is 91.7 Å². The van der Waals surface area contributed by atoms with E-state index in [1.165, 1.54) is 0 Å². The van der Waals surface area contributed by atoms with E-state index in [0.717, 1.165) is 7.11 Å². The fourth-order valence-corrected chi connectivity index (χ4v) is 3.98. The molecule has 2 fully saturated rings. The van der Waals surface area contributed by atoms with E-state index >= 15 is 0 Å². The van der Waals surface area contributed by atoms with Crippen LogP contribution in [-0.2, 0) is 32.1 Å². The van der Waals surface area contributed by atoms with Gasteiger partial charge >= 0.3 is 5.97 Å². The number of anilines is 1. The van der Waals surface area contributed by atoms with Gasteiger partial charge in [-0.2, -0.15) is 5.26 Å². The van der Waals surface area contributed by atoms with Crippen molar-refractivity contribution in [3.8, 4) is 6.07 Å². The van der Waals surface area contributed by atoms with Crippen LogP contribution < -0.4 is 4.90 Å². The zero-order valence-corrected chi connectivity index (χ0v) is 19.2. The number of carbonyl (C=O) groups excluding carboxylic acids is 2. The lowest BCUT2D eigenvalue weighted by Gasteiger charge is -2.44. The Balaban J connectivity index is 2.17. The summed E-state index contributed by atoms with van der Waals surface area (Å²) in [6, 6.07) is -2.47. The molecule has 4 rings (SSSR count). The summed E-state index contributed by atoms with van der Waals surface area (Å²) in [5, 5.41) is 10.5. The molecule has 0 aromatic carbocycles. The maximum Gasteiger partial charge on any atom is 0.306 e. The van der Waals surface area contributed by atoms with Crippen LogP contribution in [0.4, 0.5) is 5.82 Å². The first-order valence-corrected chi connectivity index (χ1v) is 10.9. The predicted molar refractivity (Wildman–Crippen MR) is 127 cm³/mol. The van der Waals surface area contributed by atoms with Crippen LogP contribution in [0.5, 0.6) is 0 Å². The molecule has 8 heteroatoms. The second-order valence-corrected chi connectivity index (χ2v) is 8.96. The fraction of sp³-hybridized carbons (Fsp3) is 0.692. The molecule has 3 aliphatic rings. The molecular formula is C26H36N4O4. The van der Waals surface area contributed by atoms with Gasteiger partial charge in [0.2, 0.25) is 5.91 Å². The molecule has 3 heterocycles. The van der Waals surface area contributed by atoms with Gasteiger partial charge in [-0.3, -0.25) is 9.59 Å². The topological polar surface area (TPSA) is 95.8 Å². The number of carbonyl (C=O) groups is 2. The summed E-state index contributed by atoms with van der Waals surface area (Å²) in [4.78, 5) is 29.5. The molecule has 34 heavy (non-hydrogen) atoms. The standard InChI is InChI=1S/C26H36N4O4/c1-16(2)21-14-29(10-11-30(21)22(31)8-9-23(32)33-5)25-19(13-27)18-12-26(3,4)34-15-20(18)24(28-25)17-6-7-17/h16-17,21H,6-12,14-15H2,1-5H3/i1D3,2D3,10D2,11D2,14D2,16D,21D. The fourth-order valence-electron chi connectivity index (χ4n) is 3.98. The average Bonchev–Trinajstić information content (AvgIpc) is 3.77. The van der Waals surface area contributed by atoms with Gasteiger partial charge in [0.15, 0.2) is 0 Å². The Morgan fingerprint density at radius 3 is 2.79 bits per heavy atom. The van der Waals surface area contributed by atoms with E-state index in [2.05, 4.69) is 9.72 Å². The smallest absolute Gasteiger partial charge is 0.306 e. The summed E-state index contributed by atoms with van der Waals surface area (Å²) in [7, 11) is 0.955. The van der Waals surface area contributed by atoms with E-state index in [0.29, 0.717) is 18.4 Å². The summed E-state index contributed by atoms with van der Waals surface area (Å²) in [6.07, 6.45) is -0.683. The Labute approximate surface area is 221 Å². The van der Waals surface area contributed by atoms with Crippen LogP contribution in [0.15, 0.2) is 0 Å². The largest absolute Gasteiger partial charge is 0.469 e. The summed E-state index contributed by atoms with van der Waals surface area (Å²) in [6.45, 7) is -16.8. The van der Waals surface area contributed by atoms with Crippen LogP contribution in [0.1, 0.15) is 101 Å². The van der Waals surface area contributed by atoms with Crippen molar-refractivity contribution >= 4 is 17.7 Å². The van der Waals surface area contributed by atoms with Crippen LogP contribution in [-0.4, -0.2) is 60.0 Å². The molecule has 1 amide bonds. The molecule has 1 aromatic rings. The van der Waals surface area contributed by atoms with Gasteiger partial charge in [0, 0.05) is 53.4 Å². The zero-order valence-electron chi connectivity index (χ0n) is 33.2. The number of nitriles is 1. The first-order chi connectivity index (χ1) is 21.6. The van der Waals surface area contributed by atoms with Gasteiger partial charge in [-0.15, -0.1) is 0 Å². The number of hydrogen-bond acceptors (Lipinski definition) is 7. The lowest BCUT2D eigenvalue weighted by molar-refractivity contribution is -0.144. The maximum atomic E-state index is 13.8. The van der Waals surface area contributed by atoms with Crippen molar-refractivity contribution in [1.29, 1.82) is 5.26 Å². The number of aromatic nitrogens is 1. The van der Waals surface area contributed by atoms with Crippen molar-refractivity contribution in [2.75, 3.05) is 31.5 Å². The third kappa shape index (κ3) is 4.90. The van der Waals surface area contributed by atoms with Gasteiger partial charge in [0.05, 0.1) is 52.6 Å². The van der Waals surface area contributed by atoms with Crippen LogP contribution >= 0.6 is 0 Å². The number of fused-ring (bicyclic) bond motifs is 1. The van der Waals surface area contributed by atoms with Crippen molar-refractivity contribution in [3.63, 3.8) is 0 Å². The van der Waals surface area contributed by atoms with Gasteiger partial charge in [-0.25, -0.2) is 4.98 Å². The second-order valence-electron chi connectivity index (χ2n) is 8.96. The number of rotatable bonds is 6. The van der Waals surface area contributed by atoms with Crippen LogP contribution in [0, 0.1) is 17.2 Å². The molecule has 1 unspecified atom stereocenters. The molecule has 1 saturated carbocycles. The highest BCUT2D eigenvalue weighted by molar-refractivity contribution is 5.82. The third-order valence-corrected chi connectivity index (χ3v) is 5.89. The predicted octanol–water partition coefficient (Wildman–Crippen LogP) is 3.31. The molecular weight excluding hydrogens is 432 g/mol. The van der Waals surface area contributed by atoms with Crippen molar-refractivity contribution < 1.29 is 38.3 Å². The zero-order chi connectivity index (χ0) is 36.8. The van der Waals surface area contributed by atoms with Gasteiger partial charge in [-0.1, -0.05) is 13.7 Å². The number of hydrogen-bond donors (Lipinski definition) is 0. The molecule has 1 atom stereocenters. The molecule has 1 aliphatic carbocycles. The Morgan fingerprint density at radius 2 is 2.15 bits per heavy atom. The molecule has 0 bridgehead atoms. The third-order valence-electron chi connectivity index (χ3n) is 5.89. The molecule has 0 radical (unpaired) electrons. The van der Waals surface area contributed by atoms with E-state index in [1.54, 1.807) is 13.8 Å². The number of ether oxygens (including phenoxy) is 2. The normalized spacial score (nSPS) is 35.5. The van der Waals surface area contributed by atoms with E-state index in [-0.39, 0.29) is 35.1 Å². The monoisotopic (exact) mass is 482 g/mol. The molecule has 8 nitrogen and oxygen atoms in total. The number of pyridine rings is 1. The molecule has 0 N–H and O–H groups in total. The van der Waals surface area contributed by atoms with Crippen LogP contribution in [0.25, 0.3) is 0 Å². The number of nitrogens with zero attached hydrogens (tertiary/aromatic N) is 4. The Morgan fingerprint density at radius 1 is 1.38 bits per heavy atom. The van der Waals surface area contributed by atoms with Gasteiger partial charge in [0.1, 0.15) is 11.9 Å². The number of esters is 1. The van der Waals surface area contributed by atoms with Gasteiger partial charge in [0.25, 0.3) is 0 Å². The minimum absolute atomic E-state index is 0.0183. The Hall–Kier alpha value is -2.66. The summed E-state index contributed by atoms with van der Waals surface area (Å²) >= 11 is 0. The van der Waals surface area contributed by atoms with Crippen molar-refractivity contribution in [2.45, 2.75) is 83.8 Å². The second kappa shape index (κ2) is 9.53. The van der Waals surface area contributed by atoms with E-state index in [4.69, 9.17) is 19.8 Å². The quantitative estimate of drug-likeness (QED) is 0.574. The summed E-state index contributed by atoms with van der Waals surface area (Å²) in [5.74, 6) is -8.26. The van der Waals surface area contributed by atoms with Crippen molar-refractivity contribution in [2.24, 2.45) is 5.89 Å². The summed E-state index contributed by atoms with van der Waals surface area (Å²) in [5.41, 5.74) is -0.315. The van der Waals surface area contributed by atoms with E-state index in [9.17, 15) is 19.0 Å². The van der Waals surface area contributed by atoms with Crippen LogP contribution in [0.3, 0.4) is 0 Å². The SMILES string of the molecule is [2H]C([2H])([2H])C([2H])(C([2H])([2H])[2H])C1([2H])N(C(=O)CCC(=O)OC)C([2H])([2H])C([2H])([2H])N(c2nc(C3CC3)c3c(c2C#N)CC(C)(C)OC3)C1([2H])[2H]. The molecule has 184 valence electrons. The highest BCUT2D eigenvalue weighted by Crippen LogP contribution is 2.46. The highest BCUT2D eigenvalue weighted by Gasteiger charge is 2.39. The lowest BCUT2D eigenvalue weighted by atomic mass is 9.87. The highest BCUT2D eigenvalue weighted by atomic mass is 16.5. The van der Waals surface area contributed by atoms with Gasteiger partial charge in [-0.05, 0) is 38.1 Å². The number of amides is 1. The molecule has 1 saturated heterocycles. The molecule has 0 spiro atoms. The molecule has 2 aliphatic heterocycles. The number of methoxy groups -OCH3 is 1. The first kappa shape index (κ1) is 12.3. The minimum atomic E-state index is -4.38. The van der Waals surface area contributed by atoms with Gasteiger partial charge < -0.3 is 19.3 Å².